The molecule has 38 heavy (non-hydrogen) atoms. The number of hydrogen-bond acceptors (Lipinski definition) is 6. The van der Waals surface area contributed by atoms with Crippen LogP contribution in [-0.4, -0.2) is 25.8 Å². The Labute approximate surface area is 228 Å². The van der Waals surface area contributed by atoms with E-state index >= 15 is 0 Å². The molecule has 1 N–H and O–H groups in total. The molecule has 5 rings (SSSR count). The van der Waals surface area contributed by atoms with Crippen molar-refractivity contribution in [2.45, 2.75) is 13.5 Å². The maximum atomic E-state index is 12.6. The first-order valence-electron chi connectivity index (χ1n) is 12.0. The van der Waals surface area contributed by atoms with Crippen LogP contribution in [0.15, 0.2) is 92.9 Å². The smallest absolute Gasteiger partial charge is 0.307 e. The van der Waals surface area contributed by atoms with Crippen molar-refractivity contribution < 1.29 is 23.4 Å². The molecule has 0 aliphatic rings. The van der Waals surface area contributed by atoms with E-state index in [1.807, 2.05) is 43.3 Å². The molecular formula is C30H25BrN2O5. The van der Waals surface area contributed by atoms with Crippen molar-refractivity contribution in [1.82, 2.24) is 5.43 Å². The van der Waals surface area contributed by atoms with Gasteiger partial charge in [0, 0.05) is 15.4 Å². The molecule has 0 aliphatic carbocycles. The van der Waals surface area contributed by atoms with Gasteiger partial charge in [0.25, 0.3) is 0 Å². The van der Waals surface area contributed by atoms with Gasteiger partial charge in [0.05, 0.1) is 19.9 Å². The Morgan fingerprint density at radius 3 is 2.66 bits per heavy atom. The third kappa shape index (κ3) is 5.50. The van der Waals surface area contributed by atoms with Crippen molar-refractivity contribution in [3.63, 3.8) is 0 Å². The van der Waals surface area contributed by atoms with Gasteiger partial charge in [-0.3, -0.25) is 4.79 Å². The van der Waals surface area contributed by atoms with Crippen molar-refractivity contribution in [3.05, 3.63) is 100 Å². The normalized spacial score (nSPS) is 11.2. The zero-order valence-corrected chi connectivity index (χ0v) is 22.4. The minimum Gasteiger partial charge on any atom is -0.494 e. The van der Waals surface area contributed by atoms with E-state index < -0.39 is 5.91 Å². The van der Waals surface area contributed by atoms with E-state index in [0.29, 0.717) is 41.6 Å². The fraction of sp³-hybridized carbons (Fsp3) is 0.133. The van der Waals surface area contributed by atoms with E-state index in [9.17, 15) is 4.79 Å². The van der Waals surface area contributed by atoms with Crippen LogP contribution in [0.1, 0.15) is 28.6 Å². The molecule has 0 spiro atoms. The van der Waals surface area contributed by atoms with Crippen LogP contribution in [0.2, 0.25) is 0 Å². The summed E-state index contributed by atoms with van der Waals surface area (Å²) in [4.78, 5) is 12.6. The second-order valence-electron chi connectivity index (χ2n) is 8.39. The lowest BCUT2D eigenvalue weighted by Crippen LogP contribution is -2.16. The Morgan fingerprint density at radius 1 is 0.974 bits per heavy atom. The van der Waals surface area contributed by atoms with Gasteiger partial charge in [-0.2, -0.15) is 5.10 Å². The lowest BCUT2D eigenvalue weighted by atomic mass is 10.1. The molecule has 0 unspecified atom stereocenters. The quantitative estimate of drug-likeness (QED) is 0.150. The molecule has 0 radical (unpaired) electrons. The third-order valence-corrected chi connectivity index (χ3v) is 6.63. The molecule has 1 aromatic heterocycles. The number of nitrogens with one attached hydrogen (secondary N) is 1. The maximum Gasteiger partial charge on any atom is 0.307 e. The zero-order chi connectivity index (χ0) is 26.5. The molecule has 5 aromatic rings. The first-order valence-corrected chi connectivity index (χ1v) is 12.8. The molecule has 192 valence electrons. The second kappa shape index (κ2) is 11.4. The van der Waals surface area contributed by atoms with Crippen LogP contribution in [0.4, 0.5) is 0 Å². The van der Waals surface area contributed by atoms with Gasteiger partial charge in [-0.05, 0) is 75.6 Å². The van der Waals surface area contributed by atoms with E-state index in [0.717, 1.165) is 26.2 Å². The highest BCUT2D eigenvalue weighted by molar-refractivity contribution is 9.10. The molecule has 7 nitrogen and oxygen atoms in total. The monoisotopic (exact) mass is 572 g/mol. The Kier molecular flexibility index (Phi) is 7.60. The van der Waals surface area contributed by atoms with Gasteiger partial charge in [-0.15, -0.1) is 0 Å². The molecule has 0 bridgehead atoms. The molecule has 0 aliphatic heterocycles. The Balaban J connectivity index is 1.27. The molecule has 8 heteroatoms. The summed E-state index contributed by atoms with van der Waals surface area (Å²) >= 11 is 3.56. The third-order valence-electron chi connectivity index (χ3n) is 5.94. The number of fused-ring (bicyclic) bond motifs is 2. The predicted octanol–water partition coefficient (Wildman–Crippen LogP) is 7.10. The minimum atomic E-state index is -0.464. The average Bonchev–Trinajstić information content (AvgIpc) is 3.36. The van der Waals surface area contributed by atoms with Gasteiger partial charge < -0.3 is 18.6 Å². The molecule has 0 saturated heterocycles. The van der Waals surface area contributed by atoms with Crippen LogP contribution in [0.3, 0.4) is 0 Å². The van der Waals surface area contributed by atoms with E-state index in [4.69, 9.17) is 18.6 Å². The number of methoxy groups -OCH3 is 1. The summed E-state index contributed by atoms with van der Waals surface area (Å²) in [5.74, 6) is 1.54. The number of carbonyl (C=O) groups excluding carboxylic acids is 1. The summed E-state index contributed by atoms with van der Waals surface area (Å²) in [6.45, 7) is 2.86. The SMILES string of the molecule is CCOc1ccc2oc(C(=O)N/N=C/c3cc(OC)c(OCc4cccc5ccccc45)cc3Br)cc2c1. The van der Waals surface area contributed by atoms with E-state index in [-0.39, 0.29) is 5.76 Å². The highest BCUT2D eigenvalue weighted by atomic mass is 79.9. The highest BCUT2D eigenvalue weighted by Gasteiger charge is 2.14. The van der Waals surface area contributed by atoms with Crippen LogP contribution in [0, 0.1) is 0 Å². The van der Waals surface area contributed by atoms with Gasteiger partial charge in [-0.1, -0.05) is 42.5 Å². The molecular weight excluding hydrogens is 548 g/mol. The Morgan fingerprint density at radius 2 is 1.82 bits per heavy atom. The molecule has 4 aromatic carbocycles. The number of rotatable bonds is 9. The van der Waals surface area contributed by atoms with Crippen molar-refractivity contribution >= 4 is 49.8 Å². The van der Waals surface area contributed by atoms with Crippen LogP contribution >= 0.6 is 15.9 Å². The summed E-state index contributed by atoms with van der Waals surface area (Å²) < 4.78 is 23.6. The largest absolute Gasteiger partial charge is 0.494 e. The Bertz CT molecular complexity index is 1640. The highest BCUT2D eigenvalue weighted by Crippen LogP contribution is 2.34. The fourth-order valence-corrected chi connectivity index (χ4v) is 4.53. The summed E-state index contributed by atoms with van der Waals surface area (Å²) in [5.41, 5.74) is 4.87. The molecule has 1 heterocycles. The first-order chi connectivity index (χ1) is 18.6. The molecule has 0 atom stereocenters. The van der Waals surface area contributed by atoms with Crippen molar-refractivity contribution in [3.8, 4) is 17.2 Å². The topological polar surface area (TPSA) is 82.3 Å². The minimum absolute atomic E-state index is 0.152. The number of furan rings is 1. The second-order valence-corrected chi connectivity index (χ2v) is 9.25. The number of carbonyl (C=O) groups is 1. The number of benzene rings is 4. The van der Waals surface area contributed by atoms with E-state index in [2.05, 4.69) is 44.7 Å². The van der Waals surface area contributed by atoms with Crippen LogP contribution in [-0.2, 0) is 6.61 Å². The van der Waals surface area contributed by atoms with Crippen molar-refractivity contribution in [2.75, 3.05) is 13.7 Å². The maximum absolute atomic E-state index is 12.6. The number of hydrogen-bond donors (Lipinski definition) is 1. The van der Waals surface area contributed by atoms with Crippen molar-refractivity contribution in [1.29, 1.82) is 0 Å². The molecule has 0 fully saturated rings. The lowest BCUT2D eigenvalue weighted by molar-refractivity contribution is 0.0929. The first kappa shape index (κ1) is 25.4. The van der Waals surface area contributed by atoms with Gasteiger partial charge >= 0.3 is 5.91 Å². The lowest BCUT2D eigenvalue weighted by Gasteiger charge is -2.14. The fourth-order valence-electron chi connectivity index (χ4n) is 4.10. The summed E-state index contributed by atoms with van der Waals surface area (Å²) in [5, 5.41) is 7.17. The number of ether oxygens (including phenoxy) is 3. The zero-order valence-electron chi connectivity index (χ0n) is 20.9. The number of nitrogens with zero attached hydrogens (tertiary/aromatic N) is 1. The van der Waals surface area contributed by atoms with Crippen molar-refractivity contribution in [2.24, 2.45) is 5.10 Å². The number of halogens is 1. The van der Waals surface area contributed by atoms with Gasteiger partial charge in [-0.25, -0.2) is 5.43 Å². The average molecular weight is 573 g/mol. The van der Waals surface area contributed by atoms with Crippen LogP contribution in [0.25, 0.3) is 21.7 Å². The van der Waals surface area contributed by atoms with Gasteiger partial charge in [0.1, 0.15) is 17.9 Å². The van der Waals surface area contributed by atoms with E-state index in [1.165, 1.54) is 6.21 Å². The summed E-state index contributed by atoms with van der Waals surface area (Å²) in [7, 11) is 1.58. The standard InChI is InChI=1S/C30H25BrN2O5/c1-3-36-23-11-12-26-21(13-23)14-29(38-26)30(34)33-32-17-22-15-27(35-2)28(16-25(22)31)37-18-20-9-6-8-19-7-4-5-10-24(19)20/h4-17H,3,18H2,1-2H3,(H,33,34)/b32-17+. The molecule has 1 amide bonds. The number of hydrazone groups is 1. The van der Waals surface area contributed by atoms with Gasteiger partial charge in [0.2, 0.25) is 0 Å². The van der Waals surface area contributed by atoms with Crippen LogP contribution < -0.4 is 19.6 Å². The number of amides is 1. The molecule has 0 saturated carbocycles. The summed E-state index contributed by atoms with van der Waals surface area (Å²) in [6, 6.07) is 25.0. The van der Waals surface area contributed by atoms with E-state index in [1.54, 1.807) is 31.4 Å². The van der Waals surface area contributed by atoms with Gasteiger partial charge in [0.15, 0.2) is 17.3 Å². The predicted molar refractivity (Wildman–Crippen MR) is 151 cm³/mol. The van der Waals surface area contributed by atoms with Crippen LogP contribution in [0.5, 0.6) is 17.2 Å². The summed E-state index contributed by atoms with van der Waals surface area (Å²) in [6.07, 6.45) is 1.52. The Hall–Kier alpha value is -4.30.